The average molecular weight is 364 g/mol. The lowest BCUT2D eigenvalue weighted by Gasteiger charge is -2.23. The van der Waals surface area contributed by atoms with Gasteiger partial charge in [0, 0.05) is 31.8 Å². The lowest BCUT2D eigenvalue weighted by atomic mass is 9.91. The fraction of sp³-hybridized carbons (Fsp3) is 0.400. The van der Waals surface area contributed by atoms with Crippen LogP contribution in [0.5, 0.6) is 0 Å². The number of hydrogen-bond donors (Lipinski definition) is 0. The van der Waals surface area contributed by atoms with Crippen molar-refractivity contribution in [1.82, 2.24) is 9.88 Å². The normalized spacial score (nSPS) is 12.1. The van der Waals surface area contributed by atoms with E-state index in [1.54, 1.807) is 11.9 Å². The van der Waals surface area contributed by atoms with Crippen LogP contribution in [0.1, 0.15) is 38.4 Å². The van der Waals surface area contributed by atoms with Crippen LogP contribution >= 0.6 is 0 Å². The van der Waals surface area contributed by atoms with Gasteiger partial charge in [-0.15, -0.1) is 0 Å². The summed E-state index contributed by atoms with van der Waals surface area (Å²) in [6, 6.07) is 9.76. The second-order valence-electron chi connectivity index (χ2n) is 7.61. The molecule has 0 aliphatic rings. The molecular weight excluding hydrogens is 341 g/mol. The van der Waals surface area contributed by atoms with Gasteiger partial charge in [0.15, 0.2) is 0 Å². The number of pyridine rings is 1. The third kappa shape index (κ3) is 5.58. The van der Waals surface area contributed by atoms with Crippen LogP contribution in [0.3, 0.4) is 0 Å². The highest BCUT2D eigenvalue weighted by Crippen LogP contribution is 2.29. The molecule has 0 bridgehead atoms. The van der Waals surface area contributed by atoms with E-state index >= 15 is 0 Å². The minimum absolute atomic E-state index is 0.0647. The number of carbonyl (C=O) groups is 1. The van der Waals surface area contributed by atoms with Gasteiger partial charge in [0.2, 0.25) is 5.91 Å². The number of alkyl halides is 3. The molecule has 6 heteroatoms. The monoisotopic (exact) mass is 364 g/mol. The quantitative estimate of drug-likeness (QED) is 0.751. The van der Waals surface area contributed by atoms with Crippen LogP contribution in [-0.4, -0.2) is 22.8 Å². The van der Waals surface area contributed by atoms with Gasteiger partial charge in [-0.05, 0) is 22.6 Å². The minimum Gasteiger partial charge on any atom is -0.341 e. The van der Waals surface area contributed by atoms with Crippen LogP contribution in [-0.2, 0) is 17.5 Å². The number of hydrogen-bond acceptors (Lipinski definition) is 2. The number of benzene rings is 1. The maximum Gasteiger partial charge on any atom is 0.433 e. The Morgan fingerprint density at radius 3 is 2.04 bits per heavy atom. The molecule has 26 heavy (non-hydrogen) atoms. The molecule has 0 N–H and O–H groups in total. The van der Waals surface area contributed by atoms with Crippen molar-refractivity contribution < 1.29 is 18.0 Å². The molecule has 0 aliphatic heterocycles. The summed E-state index contributed by atoms with van der Waals surface area (Å²) in [6.45, 7) is 6.54. The maximum absolute atomic E-state index is 12.6. The van der Waals surface area contributed by atoms with E-state index in [0.29, 0.717) is 18.5 Å². The van der Waals surface area contributed by atoms with E-state index in [4.69, 9.17) is 0 Å². The second-order valence-corrected chi connectivity index (χ2v) is 7.61. The molecule has 0 radical (unpaired) electrons. The van der Waals surface area contributed by atoms with Gasteiger partial charge in [-0.3, -0.25) is 9.78 Å². The van der Waals surface area contributed by atoms with Gasteiger partial charge in [0.25, 0.3) is 0 Å². The minimum atomic E-state index is -4.44. The number of nitrogens with zero attached hydrogens (tertiary/aromatic N) is 2. The van der Waals surface area contributed by atoms with E-state index in [-0.39, 0.29) is 11.3 Å². The Morgan fingerprint density at radius 1 is 1.00 bits per heavy atom. The lowest BCUT2D eigenvalue weighted by Crippen LogP contribution is -2.29. The zero-order valence-electron chi connectivity index (χ0n) is 15.4. The molecule has 0 atom stereocenters. The zero-order valence-corrected chi connectivity index (χ0v) is 15.4. The molecule has 1 aromatic heterocycles. The first kappa shape index (κ1) is 19.9. The van der Waals surface area contributed by atoms with Crippen molar-refractivity contribution in [3.8, 4) is 11.1 Å². The fourth-order valence-electron chi connectivity index (χ4n) is 2.49. The molecule has 1 heterocycles. The van der Waals surface area contributed by atoms with Crippen molar-refractivity contribution >= 4 is 5.91 Å². The Labute approximate surface area is 151 Å². The molecule has 0 fully saturated rings. The smallest absolute Gasteiger partial charge is 0.341 e. The summed E-state index contributed by atoms with van der Waals surface area (Å²) in [7, 11) is 1.77. The van der Waals surface area contributed by atoms with Crippen LogP contribution in [0, 0.1) is 5.41 Å². The van der Waals surface area contributed by atoms with E-state index in [1.165, 1.54) is 12.3 Å². The van der Waals surface area contributed by atoms with Gasteiger partial charge in [0.1, 0.15) is 5.69 Å². The van der Waals surface area contributed by atoms with Gasteiger partial charge in [0.05, 0.1) is 0 Å². The van der Waals surface area contributed by atoms with Crippen LogP contribution in [0.15, 0.2) is 42.6 Å². The predicted octanol–water partition coefficient (Wildman–Crippen LogP) is 5.16. The summed E-state index contributed by atoms with van der Waals surface area (Å²) >= 11 is 0. The Kier molecular flexibility index (Phi) is 5.74. The third-order valence-corrected chi connectivity index (χ3v) is 3.87. The standard InChI is InChI=1S/C20H23F3N2O/c1-19(2,3)11-18(26)25(4)13-14-5-7-15(8-6-14)16-9-10-17(24-12-16)20(21,22)23/h5-10,12H,11,13H2,1-4H3. The Hall–Kier alpha value is -2.37. The van der Waals surface area contributed by atoms with E-state index < -0.39 is 11.9 Å². The Balaban J connectivity index is 2.05. The second kappa shape index (κ2) is 7.48. The van der Waals surface area contributed by atoms with Crippen molar-refractivity contribution in [3.63, 3.8) is 0 Å². The van der Waals surface area contributed by atoms with Crippen LogP contribution in [0.2, 0.25) is 0 Å². The molecule has 0 saturated carbocycles. The van der Waals surface area contributed by atoms with Crippen molar-refractivity contribution in [1.29, 1.82) is 0 Å². The third-order valence-electron chi connectivity index (χ3n) is 3.87. The van der Waals surface area contributed by atoms with Crippen LogP contribution in [0.25, 0.3) is 11.1 Å². The summed E-state index contributed by atoms with van der Waals surface area (Å²) in [5.74, 6) is 0.0773. The van der Waals surface area contributed by atoms with Crippen molar-refractivity contribution in [2.45, 2.75) is 39.9 Å². The largest absolute Gasteiger partial charge is 0.433 e. The van der Waals surface area contributed by atoms with Crippen LogP contribution in [0.4, 0.5) is 13.2 Å². The molecule has 0 saturated heterocycles. The van der Waals surface area contributed by atoms with E-state index in [9.17, 15) is 18.0 Å². The topological polar surface area (TPSA) is 33.2 Å². The predicted molar refractivity (Wildman–Crippen MR) is 95.2 cm³/mol. The highest BCUT2D eigenvalue weighted by atomic mass is 19.4. The molecule has 1 amide bonds. The number of rotatable bonds is 4. The van der Waals surface area contributed by atoms with E-state index in [2.05, 4.69) is 4.98 Å². The first-order chi connectivity index (χ1) is 12.0. The fourth-order valence-corrected chi connectivity index (χ4v) is 2.49. The maximum atomic E-state index is 12.6. The number of halogens is 3. The lowest BCUT2D eigenvalue weighted by molar-refractivity contribution is -0.141. The molecule has 0 spiro atoms. The van der Waals surface area contributed by atoms with Crippen molar-refractivity contribution in [3.05, 3.63) is 53.9 Å². The van der Waals surface area contributed by atoms with Gasteiger partial charge in [-0.1, -0.05) is 51.1 Å². The number of amides is 1. The Bertz CT molecular complexity index is 745. The first-order valence-corrected chi connectivity index (χ1v) is 8.32. The number of aromatic nitrogens is 1. The molecule has 0 aliphatic carbocycles. The van der Waals surface area contributed by atoms with Gasteiger partial charge in [-0.2, -0.15) is 13.2 Å². The van der Waals surface area contributed by atoms with E-state index in [1.807, 2.05) is 45.0 Å². The summed E-state index contributed by atoms with van der Waals surface area (Å²) in [6.07, 6.45) is -2.75. The molecule has 1 aromatic carbocycles. The van der Waals surface area contributed by atoms with Gasteiger partial charge in [-0.25, -0.2) is 0 Å². The highest BCUT2D eigenvalue weighted by Gasteiger charge is 2.32. The molecule has 2 rings (SSSR count). The van der Waals surface area contributed by atoms with Crippen LogP contribution < -0.4 is 0 Å². The van der Waals surface area contributed by atoms with Crippen molar-refractivity contribution in [2.75, 3.05) is 7.05 Å². The van der Waals surface area contributed by atoms with Crippen molar-refractivity contribution in [2.24, 2.45) is 5.41 Å². The van der Waals surface area contributed by atoms with Gasteiger partial charge < -0.3 is 4.90 Å². The average Bonchev–Trinajstić information content (AvgIpc) is 2.53. The highest BCUT2D eigenvalue weighted by molar-refractivity contribution is 5.76. The zero-order chi connectivity index (χ0) is 19.5. The molecule has 0 unspecified atom stereocenters. The molecule has 140 valence electrons. The first-order valence-electron chi connectivity index (χ1n) is 8.32. The molecular formula is C20H23F3N2O. The molecule has 2 aromatic rings. The molecule has 3 nitrogen and oxygen atoms in total. The summed E-state index contributed by atoms with van der Waals surface area (Å²) in [4.78, 5) is 17.3. The summed E-state index contributed by atoms with van der Waals surface area (Å²) < 4.78 is 37.7. The SMILES string of the molecule is CN(Cc1ccc(-c2ccc(C(F)(F)F)nc2)cc1)C(=O)CC(C)(C)C. The van der Waals surface area contributed by atoms with Gasteiger partial charge >= 0.3 is 6.18 Å². The summed E-state index contributed by atoms with van der Waals surface area (Å²) in [5.41, 5.74) is 1.38. The summed E-state index contributed by atoms with van der Waals surface area (Å²) in [5, 5.41) is 0. The van der Waals surface area contributed by atoms with E-state index in [0.717, 1.165) is 17.2 Å². The number of carbonyl (C=O) groups excluding carboxylic acids is 1. The Morgan fingerprint density at radius 2 is 1.58 bits per heavy atom.